The van der Waals surface area contributed by atoms with E-state index in [1.54, 1.807) is 0 Å². The van der Waals surface area contributed by atoms with Crippen LogP contribution in [0.4, 0.5) is 18.9 Å². The first-order valence-electron chi connectivity index (χ1n) is 5.63. The number of hydrogen-bond acceptors (Lipinski definition) is 5. The highest BCUT2D eigenvalue weighted by atomic mass is 32.2. The van der Waals surface area contributed by atoms with Crippen LogP contribution in [0, 0.1) is 0 Å². The summed E-state index contributed by atoms with van der Waals surface area (Å²) in [6.07, 6.45) is -3.40. The van der Waals surface area contributed by atoms with Crippen molar-refractivity contribution >= 4 is 15.5 Å². The van der Waals surface area contributed by atoms with Crippen LogP contribution in [0.1, 0.15) is 11.4 Å². The van der Waals surface area contributed by atoms with Crippen LogP contribution in [0.2, 0.25) is 0 Å². The van der Waals surface area contributed by atoms with Crippen molar-refractivity contribution in [3.63, 3.8) is 0 Å². The number of nitrogen functional groups attached to an aromatic ring is 1. The van der Waals surface area contributed by atoms with Crippen molar-refractivity contribution in [2.24, 2.45) is 7.05 Å². The summed E-state index contributed by atoms with van der Waals surface area (Å²) in [5.41, 5.74) is 4.00. The lowest BCUT2D eigenvalue weighted by atomic mass is 10.2. The van der Waals surface area contributed by atoms with Gasteiger partial charge >= 0.3 is 6.18 Å². The van der Waals surface area contributed by atoms with Crippen LogP contribution in [0.15, 0.2) is 29.4 Å². The highest BCUT2D eigenvalue weighted by molar-refractivity contribution is 7.90. The number of benzene rings is 1. The predicted molar refractivity (Wildman–Crippen MR) is 67.7 cm³/mol. The predicted octanol–water partition coefficient (Wildman–Crippen LogP) is 1.39. The summed E-state index contributed by atoms with van der Waals surface area (Å²) < 4.78 is 63.2. The van der Waals surface area contributed by atoms with Gasteiger partial charge in [0.2, 0.25) is 0 Å². The van der Waals surface area contributed by atoms with Crippen LogP contribution in [0.25, 0.3) is 0 Å². The first-order valence-corrected chi connectivity index (χ1v) is 7.29. The molecule has 114 valence electrons. The summed E-state index contributed by atoms with van der Waals surface area (Å²) in [6, 6.07) is 2.13. The monoisotopic (exact) mass is 320 g/mol. The van der Waals surface area contributed by atoms with Gasteiger partial charge in [0.15, 0.2) is 9.84 Å². The van der Waals surface area contributed by atoms with E-state index < -0.39 is 33.0 Å². The van der Waals surface area contributed by atoms with Crippen LogP contribution in [0.5, 0.6) is 0 Å². The fourth-order valence-corrected chi connectivity index (χ4v) is 3.16. The Kier molecular flexibility index (Phi) is 3.66. The van der Waals surface area contributed by atoms with E-state index in [4.69, 9.17) is 5.73 Å². The van der Waals surface area contributed by atoms with E-state index in [0.717, 1.165) is 6.07 Å². The molecule has 6 nitrogen and oxygen atoms in total. The molecule has 0 aliphatic rings. The molecule has 0 spiro atoms. The maximum atomic E-state index is 12.5. The van der Waals surface area contributed by atoms with Gasteiger partial charge in [-0.2, -0.15) is 18.3 Å². The zero-order valence-electron chi connectivity index (χ0n) is 10.8. The second-order valence-corrected chi connectivity index (χ2v) is 6.27. The molecule has 2 rings (SSSR count). The van der Waals surface area contributed by atoms with Gasteiger partial charge in [-0.25, -0.2) is 13.4 Å². The van der Waals surface area contributed by atoms with E-state index >= 15 is 0 Å². The third-order valence-corrected chi connectivity index (χ3v) is 4.48. The molecule has 2 N–H and O–H groups in total. The third-order valence-electron chi connectivity index (χ3n) is 2.80. The second kappa shape index (κ2) is 5.02. The molecule has 0 saturated carbocycles. The van der Waals surface area contributed by atoms with E-state index in [0.29, 0.717) is 12.1 Å². The van der Waals surface area contributed by atoms with Crippen LogP contribution in [-0.2, 0) is 28.8 Å². The Labute approximate surface area is 118 Å². The van der Waals surface area contributed by atoms with Crippen LogP contribution in [-0.4, -0.2) is 23.2 Å². The van der Waals surface area contributed by atoms with Gasteiger partial charge in [0.1, 0.15) is 17.9 Å². The SMILES string of the molecule is Cn1ncnc1CS(=O)(=O)c1ccc(C(F)(F)F)cc1N. The zero-order valence-corrected chi connectivity index (χ0v) is 11.6. The van der Waals surface area contributed by atoms with Gasteiger partial charge in [-0.15, -0.1) is 0 Å². The molecule has 0 aliphatic carbocycles. The lowest BCUT2D eigenvalue weighted by Crippen LogP contribution is -2.13. The fraction of sp³-hybridized carbons (Fsp3) is 0.273. The number of rotatable bonds is 3. The first kappa shape index (κ1) is 15.3. The van der Waals surface area contributed by atoms with Crippen LogP contribution in [0.3, 0.4) is 0 Å². The van der Waals surface area contributed by atoms with E-state index in [2.05, 4.69) is 10.1 Å². The number of nitrogens with two attached hydrogens (primary N) is 1. The Bertz CT molecular complexity index is 768. The zero-order chi connectivity index (χ0) is 15.8. The van der Waals surface area contributed by atoms with Crippen molar-refractivity contribution in [1.82, 2.24) is 14.8 Å². The molecule has 21 heavy (non-hydrogen) atoms. The van der Waals surface area contributed by atoms with E-state index in [1.807, 2.05) is 0 Å². The summed E-state index contributed by atoms with van der Waals surface area (Å²) in [5.74, 6) is -0.340. The number of aromatic nitrogens is 3. The largest absolute Gasteiger partial charge is 0.416 e. The number of hydrogen-bond donors (Lipinski definition) is 1. The number of nitrogens with zero attached hydrogens (tertiary/aromatic N) is 3. The van der Waals surface area contributed by atoms with Crippen molar-refractivity contribution in [3.8, 4) is 0 Å². The quantitative estimate of drug-likeness (QED) is 0.863. The molecule has 1 aromatic carbocycles. The Balaban J connectivity index is 2.39. The normalized spacial score (nSPS) is 12.6. The Morgan fingerprint density at radius 1 is 1.33 bits per heavy atom. The van der Waals surface area contributed by atoms with Gasteiger partial charge in [0.25, 0.3) is 0 Å². The summed E-state index contributed by atoms with van der Waals surface area (Å²) in [5, 5.41) is 3.72. The Hall–Kier alpha value is -2.10. The number of halogens is 3. The van der Waals surface area contributed by atoms with Gasteiger partial charge in [0.05, 0.1) is 16.1 Å². The molecular formula is C11H11F3N4O2S. The molecule has 10 heteroatoms. The summed E-state index contributed by atoms with van der Waals surface area (Å²) in [7, 11) is -2.41. The maximum absolute atomic E-state index is 12.5. The summed E-state index contributed by atoms with van der Waals surface area (Å²) in [4.78, 5) is 3.40. The highest BCUT2D eigenvalue weighted by Gasteiger charge is 2.32. The van der Waals surface area contributed by atoms with Crippen molar-refractivity contribution in [3.05, 3.63) is 35.9 Å². The smallest absolute Gasteiger partial charge is 0.398 e. The van der Waals surface area contributed by atoms with E-state index in [-0.39, 0.29) is 10.7 Å². The van der Waals surface area contributed by atoms with Crippen LogP contribution >= 0.6 is 0 Å². The van der Waals surface area contributed by atoms with E-state index in [1.165, 1.54) is 18.1 Å². The molecule has 1 heterocycles. The highest BCUT2D eigenvalue weighted by Crippen LogP contribution is 2.33. The topological polar surface area (TPSA) is 90.9 Å². The molecule has 2 aromatic rings. The Morgan fingerprint density at radius 2 is 2.00 bits per heavy atom. The van der Waals surface area contributed by atoms with E-state index in [9.17, 15) is 21.6 Å². The van der Waals surface area contributed by atoms with Gasteiger partial charge < -0.3 is 5.73 Å². The van der Waals surface area contributed by atoms with Crippen molar-refractivity contribution in [2.75, 3.05) is 5.73 Å². The van der Waals surface area contributed by atoms with Gasteiger partial charge in [-0.3, -0.25) is 4.68 Å². The summed E-state index contributed by atoms with van der Waals surface area (Å²) >= 11 is 0. The minimum atomic E-state index is -4.58. The van der Waals surface area contributed by atoms with Crippen molar-refractivity contribution in [1.29, 1.82) is 0 Å². The number of anilines is 1. The van der Waals surface area contributed by atoms with Crippen LogP contribution < -0.4 is 5.73 Å². The molecule has 0 saturated heterocycles. The van der Waals surface area contributed by atoms with Gasteiger partial charge in [-0.1, -0.05) is 0 Å². The van der Waals surface area contributed by atoms with Crippen molar-refractivity contribution < 1.29 is 21.6 Å². The number of alkyl halides is 3. The van der Waals surface area contributed by atoms with Gasteiger partial charge in [-0.05, 0) is 18.2 Å². The Morgan fingerprint density at radius 3 is 2.48 bits per heavy atom. The third kappa shape index (κ3) is 3.15. The molecular weight excluding hydrogens is 309 g/mol. The standard InChI is InChI=1S/C11H11F3N4O2S/c1-18-10(16-6-17-18)5-21(19,20)9-3-2-7(4-8(9)15)11(12,13)14/h2-4,6H,5,15H2,1H3. The molecule has 0 unspecified atom stereocenters. The lowest BCUT2D eigenvalue weighted by molar-refractivity contribution is -0.137. The average Bonchev–Trinajstić information content (AvgIpc) is 2.72. The number of sulfone groups is 1. The maximum Gasteiger partial charge on any atom is 0.416 e. The van der Waals surface area contributed by atoms with Gasteiger partial charge in [0, 0.05) is 7.05 Å². The molecule has 0 atom stereocenters. The van der Waals surface area contributed by atoms with Crippen molar-refractivity contribution in [2.45, 2.75) is 16.8 Å². The first-order chi connectivity index (χ1) is 9.61. The minimum absolute atomic E-state index is 0.161. The minimum Gasteiger partial charge on any atom is -0.398 e. The fourth-order valence-electron chi connectivity index (χ4n) is 1.71. The molecule has 1 aromatic heterocycles. The number of aryl methyl sites for hydroxylation is 1. The lowest BCUT2D eigenvalue weighted by Gasteiger charge is -2.11. The molecule has 0 bridgehead atoms. The molecule has 0 amide bonds. The average molecular weight is 320 g/mol. The molecule has 0 radical (unpaired) electrons. The molecule has 0 aliphatic heterocycles. The summed E-state index contributed by atoms with van der Waals surface area (Å²) in [6.45, 7) is 0. The second-order valence-electron chi connectivity index (χ2n) is 4.31. The molecule has 0 fully saturated rings.